The number of aliphatic hydroxyl groups is 1. The summed E-state index contributed by atoms with van der Waals surface area (Å²) in [4.78, 5) is 50.7. The molecule has 0 spiro atoms. The van der Waals surface area contributed by atoms with E-state index in [9.17, 15) is 29.4 Å². The van der Waals surface area contributed by atoms with Crippen molar-refractivity contribution in [3.05, 3.63) is 68.9 Å². The minimum absolute atomic E-state index is 0.0308. The second kappa shape index (κ2) is 12.5. The molecule has 13 heteroatoms. The summed E-state index contributed by atoms with van der Waals surface area (Å²) in [5, 5.41) is 26.1. The number of unbranched alkanes of at least 4 members (excludes halogenated alkanes) is 1. The molecule has 2 aromatic carbocycles. The van der Waals surface area contributed by atoms with Gasteiger partial charge in [0, 0.05) is 35.6 Å². The van der Waals surface area contributed by atoms with E-state index in [-0.39, 0.29) is 31.9 Å². The first-order valence-corrected chi connectivity index (χ1v) is 13.2. The smallest absolute Gasteiger partial charge is 0.326 e. The number of nitrogens with zero attached hydrogens (tertiary/aromatic N) is 1. The van der Waals surface area contributed by atoms with Crippen molar-refractivity contribution in [3.8, 4) is 11.5 Å². The van der Waals surface area contributed by atoms with Crippen LogP contribution in [0.5, 0.6) is 11.5 Å². The molecule has 0 fully saturated rings. The van der Waals surface area contributed by atoms with E-state index < -0.39 is 41.5 Å². The molecule has 0 saturated heterocycles. The second-order valence-corrected chi connectivity index (χ2v) is 10.2. The first-order chi connectivity index (χ1) is 19.1. The molecule has 2 atom stereocenters. The van der Waals surface area contributed by atoms with Crippen molar-refractivity contribution in [2.75, 3.05) is 13.3 Å². The van der Waals surface area contributed by atoms with Crippen LogP contribution in [0.1, 0.15) is 43.4 Å². The molecule has 3 amide bonds. The van der Waals surface area contributed by atoms with Gasteiger partial charge in [-0.15, -0.1) is 0 Å². The Labute approximate surface area is 239 Å². The number of carboxylic acid groups (broad SMARTS) is 1. The maximum absolute atomic E-state index is 13.4. The summed E-state index contributed by atoms with van der Waals surface area (Å²) in [6.07, 6.45) is 0.813. The molecule has 0 aromatic heterocycles. The molecule has 2 aromatic rings. The van der Waals surface area contributed by atoms with E-state index in [1.54, 1.807) is 36.4 Å². The molecule has 1 unspecified atom stereocenters. The minimum Gasteiger partial charge on any atom is -0.503 e. The monoisotopic (exact) mass is 591 g/mol. The maximum Gasteiger partial charge on any atom is 0.326 e. The van der Waals surface area contributed by atoms with Gasteiger partial charge in [-0.2, -0.15) is 0 Å². The highest BCUT2D eigenvalue weighted by Crippen LogP contribution is 2.46. The summed E-state index contributed by atoms with van der Waals surface area (Å²) in [5.41, 5.74) is 0.904. The van der Waals surface area contributed by atoms with Crippen molar-refractivity contribution < 1.29 is 38.9 Å². The number of para-hydroxylation sites is 1. The van der Waals surface area contributed by atoms with Gasteiger partial charge in [-0.05, 0) is 49.1 Å². The third kappa shape index (κ3) is 6.43. The van der Waals surface area contributed by atoms with E-state index in [0.717, 1.165) is 0 Å². The molecule has 2 heterocycles. The van der Waals surface area contributed by atoms with Crippen LogP contribution in [0.4, 0.5) is 0 Å². The number of carbonyl (C=O) groups excluding carboxylic acids is 3. The highest BCUT2D eigenvalue weighted by molar-refractivity contribution is 6.34. The Morgan fingerprint density at radius 2 is 1.85 bits per heavy atom. The second-order valence-electron chi connectivity index (χ2n) is 9.29. The van der Waals surface area contributed by atoms with Crippen LogP contribution in [0.25, 0.3) is 0 Å². The fourth-order valence-corrected chi connectivity index (χ4v) is 5.30. The van der Waals surface area contributed by atoms with Crippen molar-refractivity contribution in [2.24, 2.45) is 0 Å². The van der Waals surface area contributed by atoms with Gasteiger partial charge in [0.25, 0.3) is 11.8 Å². The number of halogens is 2. The van der Waals surface area contributed by atoms with Crippen molar-refractivity contribution in [1.29, 1.82) is 0 Å². The third-order valence-electron chi connectivity index (χ3n) is 6.46. The molecule has 0 radical (unpaired) electrons. The van der Waals surface area contributed by atoms with Gasteiger partial charge in [0.15, 0.2) is 17.3 Å². The van der Waals surface area contributed by atoms with Crippen molar-refractivity contribution in [3.63, 3.8) is 0 Å². The lowest BCUT2D eigenvalue weighted by Crippen LogP contribution is -2.39. The molecule has 0 bridgehead atoms. The van der Waals surface area contributed by atoms with Crippen molar-refractivity contribution >= 4 is 46.9 Å². The highest BCUT2D eigenvalue weighted by Gasteiger charge is 2.45. The number of aliphatic hydroxyl groups excluding tert-OH is 1. The summed E-state index contributed by atoms with van der Waals surface area (Å²) < 4.78 is 11.1. The maximum atomic E-state index is 13.4. The molecule has 0 saturated carbocycles. The molecule has 212 valence electrons. The zero-order valence-corrected chi connectivity index (χ0v) is 22.9. The van der Waals surface area contributed by atoms with Crippen molar-refractivity contribution in [1.82, 2.24) is 15.5 Å². The summed E-state index contributed by atoms with van der Waals surface area (Å²) in [7, 11) is 0. The quantitative estimate of drug-likeness (QED) is 0.289. The number of rotatable bonds is 11. The Kier molecular flexibility index (Phi) is 9.06. The predicted octanol–water partition coefficient (Wildman–Crippen LogP) is 3.49. The molecular formula is C27H27Cl2N3O8. The average molecular weight is 592 g/mol. The van der Waals surface area contributed by atoms with Crippen LogP contribution < -0.4 is 20.1 Å². The predicted molar refractivity (Wildman–Crippen MR) is 144 cm³/mol. The topological polar surface area (TPSA) is 154 Å². The van der Waals surface area contributed by atoms with Gasteiger partial charge in [0.1, 0.15) is 6.04 Å². The lowest BCUT2D eigenvalue weighted by Gasteiger charge is -2.27. The van der Waals surface area contributed by atoms with Crippen LogP contribution >= 0.6 is 23.2 Å². The lowest BCUT2D eigenvalue weighted by atomic mass is 9.97. The number of ether oxygens (including phenoxy) is 2. The Hall–Kier alpha value is -3.96. The Morgan fingerprint density at radius 3 is 2.52 bits per heavy atom. The fraction of sp³-hybridized carbons (Fsp3) is 0.333. The number of amides is 3. The van der Waals surface area contributed by atoms with Crippen LogP contribution in [0, 0.1) is 0 Å². The zero-order valence-electron chi connectivity index (χ0n) is 21.4. The number of carboxylic acids is 1. The molecule has 0 aliphatic carbocycles. The summed E-state index contributed by atoms with van der Waals surface area (Å²) in [6, 6.07) is 7.80. The summed E-state index contributed by atoms with van der Waals surface area (Å²) in [6.45, 7) is 1.31. The van der Waals surface area contributed by atoms with Gasteiger partial charge >= 0.3 is 5.97 Å². The average Bonchev–Trinajstić information content (AvgIpc) is 3.46. The first-order valence-electron chi connectivity index (χ1n) is 12.4. The van der Waals surface area contributed by atoms with Gasteiger partial charge in [-0.1, -0.05) is 35.3 Å². The Bertz CT molecular complexity index is 1360. The number of aliphatic carboxylic acids is 1. The number of fused-ring (bicyclic) bond motifs is 1. The fourth-order valence-electron chi connectivity index (χ4n) is 4.73. The SMILES string of the molecule is CC(=O)N[C@H](CCCCN1C(=O)C(O)=C(C(=O)NCc2cc(Cl)cc(Cl)c2)C1c1cccc2c1OCO2)C(=O)O. The van der Waals surface area contributed by atoms with Gasteiger partial charge in [-0.25, -0.2) is 4.79 Å². The largest absolute Gasteiger partial charge is 0.503 e. The molecule has 40 heavy (non-hydrogen) atoms. The van der Waals surface area contributed by atoms with Gasteiger partial charge in [0.05, 0.1) is 11.6 Å². The van der Waals surface area contributed by atoms with Crippen LogP contribution in [-0.2, 0) is 25.7 Å². The molecular weight excluding hydrogens is 565 g/mol. The molecule has 4 N–H and O–H groups in total. The number of benzene rings is 2. The molecule has 11 nitrogen and oxygen atoms in total. The lowest BCUT2D eigenvalue weighted by molar-refractivity contribution is -0.141. The summed E-state index contributed by atoms with van der Waals surface area (Å²) in [5.74, 6) is -2.98. The summed E-state index contributed by atoms with van der Waals surface area (Å²) >= 11 is 12.1. The molecule has 2 aliphatic rings. The highest BCUT2D eigenvalue weighted by atomic mass is 35.5. The minimum atomic E-state index is -1.17. The number of nitrogens with one attached hydrogen (secondary N) is 2. The van der Waals surface area contributed by atoms with E-state index >= 15 is 0 Å². The van der Waals surface area contributed by atoms with Crippen LogP contribution in [0.3, 0.4) is 0 Å². The van der Waals surface area contributed by atoms with Gasteiger partial charge in [0.2, 0.25) is 12.7 Å². The van der Waals surface area contributed by atoms with Crippen molar-refractivity contribution in [2.45, 2.75) is 44.8 Å². The molecule has 4 rings (SSSR count). The normalized spacial score (nSPS) is 16.7. The Morgan fingerprint density at radius 1 is 1.12 bits per heavy atom. The van der Waals surface area contributed by atoms with E-state index in [2.05, 4.69) is 10.6 Å². The first kappa shape index (κ1) is 29.0. The van der Waals surface area contributed by atoms with Crippen LogP contribution in [0.15, 0.2) is 47.7 Å². The standard InChI is InChI=1S/C27H27Cl2N3O8/c1-14(33)31-19(27(37)38)6-2-3-8-32-22(18-5-4-7-20-24(18)40-13-39-20)21(23(34)26(32)36)25(35)30-12-15-9-16(28)11-17(29)10-15/h4-5,7,9-11,19,22,34H,2-3,6,8,12-13H2,1H3,(H,30,35)(H,31,33)(H,37,38)/t19-,22?/m1/s1. The van der Waals surface area contributed by atoms with Gasteiger partial charge < -0.3 is 35.2 Å². The number of carbonyl (C=O) groups is 4. The van der Waals surface area contributed by atoms with E-state index in [1.807, 2.05) is 0 Å². The Balaban J connectivity index is 1.56. The van der Waals surface area contributed by atoms with E-state index in [0.29, 0.717) is 45.5 Å². The number of hydrogen-bond donors (Lipinski definition) is 4. The number of hydrogen-bond acceptors (Lipinski definition) is 7. The van der Waals surface area contributed by atoms with Gasteiger partial charge in [-0.3, -0.25) is 14.4 Å². The van der Waals surface area contributed by atoms with Crippen LogP contribution in [-0.4, -0.2) is 58.2 Å². The third-order valence-corrected chi connectivity index (χ3v) is 6.90. The zero-order chi connectivity index (χ0) is 29.0. The van der Waals surface area contributed by atoms with E-state index in [4.69, 9.17) is 32.7 Å². The molecule has 2 aliphatic heterocycles. The van der Waals surface area contributed by atoms with Crippen LogP contribution in [0.2, 0.25) is 10.0 Å². The van der Waals surface area contributed by atoms with E-state index in [1.165, 1.54) is 11.8 Å².